The summed E-state index contributed by atoms with van der Waals surface area (Å²) in [4.78, 5) is 56.5. The molecule has 10 heteroatoms. The Balaban J connectivity index is 2.20. The second kappa shape index (κ2) is 18.7. The Bertz CT molecular complexity index is 1140. The molecule has 0 radical (unpaired) electrons. The van der Waals surface area contributed by atoms with E-state index in [0.29, 0.717) is 25.8 Å². The zero-order valence-electron chi connectivity index (χ0n) is 28.7. The third-order valence-electron chi connectivity index (χ3n) is 9.07. The van der Waals surface area contributed by atoms with Crippen LogP contribution in [0.5, 0.6) is 0 Å². The zero-order valence-corrected chi connectivity index (χ0v) is 28.7. The van der Waals surface area contributed by atoms with Crippen molar-refractivity contribution in [1.82, 2.24) is 15.1 Å². The van der Waals surface area contributed by atoms with Gasteiger partial charge in [0.1, 0.15) is 6.04 Å². The highest BCUT2D eigenvalue weighted by Gasteiger charge is 2.42. The molecule has 0 aromatic heterocycles. The third kappa shape index (κ3) is 10.7. The van der Waals surface area contributed by atoms with E-state index < -0.39 is 30.1 Å². The van der Waals surface area contributed by atoms with Gasteiger partial charge in [0.15, 0.2) is 0 Å². The maximum Gasteiger partial charge on any atom is 0.328 e. The summed E-state index contributed by atoms with van der Waals surface area (Å²) in [5.41, 5.74) is 1.97. The van der Waals surface area contributed by atoms with Crippen molar-refractivity contribution in [2.45, 2.75) is 103 Å². The molecule has 1 aromatic rings. The minimum atomic E-state index is -0.859. The number of nitrogens with one attached hydrogen (secondary N) is 1. The Labute approximate surface area is 269 Å². The van der Waals surface area contributed by atoms with Crippen molar-refractivity contribution in [2.75, 3.05) is 34.9 Å². The highest BCUT2D eigenvalue weighted by atomic mass is 16.5. The lowest BCUT2D eigenvalue weighted by molar-refractivity contribution is -0.148. The molecule has 1 aliphatic heterocycles. The predicted octanol–water partition coefficient (Wildman–Crippen LogP) is 4.16. The van der Waals surface area contributed by atoms with E-state index in [1.165, 1.54) is 7.11 Å². The number of hydrogen-bond donors (Lipinski definition) is 1. The highest BCUT2D eigenvalue weighted by Crippen LogP contribution is 2.29. The molecule has 3 amide bonds. The number of carbonyl (C=O) groups excluding carboxylic acids is 4. The zero-order chi connectivity index (χ0) is 33.7. The smallest absolute Gasteiger partial charge is 0.328 e. The highest BCUT2D eigenvalue weighted by molar-refractivity contribution is 5.86. The summed E-state index contributed by atoms with van der Waals surface area (Å²) >= 11 is 0. The van der Waals surface area contributed by atoms with E-state index in [2.05, 4.69) is 19.2 Å². The fourth-order valence-electron chi connectivity index (χ4n) is 6.25. The van der Waals surface area contributed by atoms with Gasteiger partial charge in [-0.15, -0.1) is 0 Å². The van der Waals surface area contributed by atoms with Crippen LogP contribution in [0.3, 0.4) is 0 Å². The molecule has 0 saturated carbocycles. The Morgan fingerprint density at radius 1 is 1.07 bits per heavy atom. The number of allylic oxidation sites excluding steroid dienone is 1. The monoisotopic (exact) mass is 629 g/mol. The first-order valence-corrected chi connectivity index (χ1v) is 16.1. The Hall–Kier alpha value is -3.24. The van der Waals surface area contributed by atoms with E-state index in [1.54, 1.807) is 38.0 Å². The van der Waals surface area contributed by atoms with Crippen molar-refractivity contribution in [1.29, 1.82) is 0 Å². The number of amides is 3. The van der Waals surface area contributed by atoms with Gasteiger partial charge in [-0.1, -0.05) is 69.2 Å². The lowest BCUT2D eigenvalue weighted by Gasteiger charge is -2.39. The molecule has 45 heavy (non-hydrogen) atoms. The first kappa shape index (κ1) is 37.9. The van der Waals surface area contributed by atoms with Gasteiger partial charge in [-0.2, -0.15) is 0 Å². The summed E-state index contributed by atoms with van der Waals surface area (Å²) in [6, 6.07) is 7.95. The summed E-state index contributed by atoms with van der Waals surface area (Å²) in [6.07, 6.45) is 3.77. The van der Waals surface area contributed by atoms with E-state index in [1.807, 2.05) is 50.3 Å². The van der Waals surface area contributed by atoms with Gasteiger partial charge in [-0.3, -0.25) is 14.4 Å². The minimum absolute atomic E-state index is 0.0214. The van der Waals surface area contributed by atoms with Crippen LogP contribution in [0, 0.1) is 11.8 Å². The first-order valence-electron chi connectivity index (χ1n) is 16.1. The van der Waals surface area contributed by atoms with Crippen molar-refractivity contribution in [3.05, 3.63) is 47.5 Å². The van der Waals surface area contributed by atoms with Gasteiger partial charge in [0.25, 0.3) is 0 Å². The van der Waals surface area contributed by atoms with Crippen LogP contribution in [-0.2, 0) is 39.8 Å². The molecular formula is C35H55N3O7. The van der Waals surface area contributed by atoms with Crippen LogP contribution in [0.1, 0.15) is 72.3 Å². The molecule has 0 unspecified atom stereocenters. The number of rotatable bonds is 17. The van der Waals surface area contributed by atoms with Gasteiger partial charge >= 0.3 is 5.97 Å². The van der Waals surface area contributed by atoms with E-state index in [0.717, 1.165) is 24.0 Å². The SMILES string of the molecule is CC[C@H](C)[C@@H]([C@@H](CC(=O)N1CCC[C@H]1[C@H](OC)[C@@H](C)C(=O)N[C@@H](Cc1ccccc1)C(=O)OC)OC)N(C)C(=O)CC=C(C)C. The summed E-state index contributed by atoms with van der Waals surface area (Å²) in [5.74, 6) is -1.55. The van der Waals surface area contributed by atoms with Crippen LogP contribution in [0.4, 0.5) is 0 Å². The Morgan fingerprint density at radius 2 is 1.73 bits per heavy atom. The predicted molar refractivity (Wildman–Crippen MR) is 174 cm³/mol. The van der Waals surface area contributed by atoms with Crippen molar-refractivity contribution in [3.63, 3.8) is 0 Å². The van der Waals surface area contributed by atoms with E-state index in [9.17, 15) is 19.2 Å². The average Bonchev–Trinajstić information content (AvgIpc) is 3.52. The number of nitrogens with zero attached hydrogens (tertiary/aromatic N) is 2. The quantitative estimate of drug-likeness (QED) is 0.203. The van der Waals surface area contributed by atoms with Gasteiger partial charge in [0.05, 0.1) is 43.7 Å². The molecule has 1 saturated heterocycles. The summed E-state index contributed by atoms with van der Waals surface area (Å²) < 4.78 is 16.7. The topological polar surface area (TPSA) is 114 Å². The molecule has 1 heterocycles. The second-order valence-electron chi connectivity index (χ2n) is 12.4. The van der Waals surface area contributed by atoms with Crippen molar-refractivity contribution in [3.8, 4) is 0 Å². The number of benzene rings is 1. The summed E-state index contributed by atoms with van der Waals surface area (Å²) in [6.45, 7) is 10.4. The van der Waals surface area contributed by atoms with Crippen molar-refractivity contribution in [2.24, 2.45) is 11.8 Å². The normalized spacial score (nSPS) is 18.6. The minimum Gasteiger partial charge on any atom is -0.467 e. The number of ether oxygens (including phenoxy) is 3. The second-order valence-corrected chi connectivity index (χ2v) is 12.4. The summed E-state index contributed by atoms with van der Waals surface area (Å²) in [5, 5.41) is 2.86. The Kier molecular flexibility index (Phi) is 15.7. The van der Waals surface area contributed by atoms with E-state index in [-0.39, 0.29) is 42.1 Å². The average molecular weight is 630 g/mol. The number of hydrogen-bond acceptors (Lipinski definition) is 7. The molecule has 7 atom stereocenters. The molecule has 1 N–H and O–H groups in total. The molecule has 252 valence electrons. The lowest BCUT2D eigenvalue weighted by Crippen LogP contribution is -2.54. The van der Waals surface area contributed by atoms with Crippen LogP contribution in [0.25, 0.3) is 0 Å². The first-order chi connectivity index (χ1) is 21.4. The van der Waals surface area contributed by atoms with E-state index in [4.69, 9.17) is 14.2 Å². The molecule has 0 bridgehead atoms. The molecule has 0 spiro atoms. The molecule has 1 aromatic carbocycles. The molecule has 0 aliphatic carbocycles. The molecule has 1 aliphatic rings. The van der Waals surface area contributed by atoms with Crippen LogP contribution in [-0.4, -0.2) is 98.7 Å². The van der Waals surface area contributed by atoms with Gasteiger partial charge in [-0.05, 0) is 38.2 Å². The number of likely N-dealkylation sites (N-methyl/N-ethyl adjacent to an activating group) is 1. The fraction of sp³-hybridized carbons (Fsp3) is 0.657. The maximum atomic E-state index is 13.9. The van der Waals surface area contributed by atoms with Crippen LogP contribution >= 0.6 is 0 Å². The molecule has 10 nitrogen and oxygen atoms in total. The largest absolute Gasteiger partial charge is 0.467 e. The molecular weight excluding hydrogens is 574 g/mol. The summed E-state index contributed by atoms with van der Waals surface area (Å²) in [7, 11) is 6.21. The number of carbonyl (C=O) groups is 4. The van der Waals surface area contributed by atoms with Gasteiger partial charge in [-0.25, -0.2) is 4.79 Å². The number of likely N-dealkylation sites (tertiary alicyclic amines) is 1. The number of esters is 1. The fourth-order valence-corrected chi connectivity index (χ4v) is 6.25. The van der Waals surface area contributed by atoms with Gasteiger partial charge in [0.2, 0.25) is 17.7 Å². The van der Waals surface area contributed by atoms with Crippen molar-refractivity contribution < 1.29 is 33.4 Å². The van der Waals surface area contributed by atoms with Crippen LogP contribution in [0.2, 0.25) is 0 Å². The molecule has 1 fully saturated rings. The van der Waals surface area contributed by atoms with Gasteiger partial charge < -0.3 is 29.3 Å². The standard InChI is InChI=1S/C35H55N3O7/c1-10-24(4)32(37(6)30(39)19-18-23(2)3)29(43-7)22-31(40)38-20-14-17-28(38)33(44-8)25(5)34(41)36-27(35(42)45-9)21-26-15-12-11-13-16-26/h11-13,15-16,18,24-25,27-29,32-33H,10,14,17,19-22H2,1-9H3,(H,36,41)/t24-,25+,27-,28-,29+,32-,33+/m0/s1. The van der Waals surface area contributed by atoms with Crippen molar-refractivity contribution >= 4 is 23.7 Å². The Morgan fingerprint density at radius 3 is 2.29 bits per heavy atom. The van der Waals surface area contributed by atoms with Gasteiger partial charge in [0, 0.05) is 40.7 Å². The molecule has 2 rings (SSSR count). The maximum absolute atomic E-state index is 13.9. The van der Waals surface area contributed by atoms with E-state index >= 15 is 0 Å². The number of methoxy groups -OCH3 is 3. The third-order valence-corrected chi connectivity index (χ3v) is 9.07. The van der Waals surface area contributed by atoms with Crippen LogP contribution in [0.15, 0.2) is 42.0 Å². The lowest BCUT2D eigenvalue weighted by atomic mass is 9.90. The van der Waals surface area contributed by atoms with Crippen LogP contribution < -0.4 is 5.32 Å².